The van der Waals surface area contributed by atoms with Gasteiger partial charge in [0, 0.05) is 6.04 Å². The largest absolute Gasteiger partial charge is 0.392 e. The Morgan fingerprint density at radius 1 is 1.37 bits per heavy atom. The molecule has 106 valence electrons. The number of sulfonamides is 1. The van der Waals surface area contributed by atoms with Gasteiger partial charge in [-0.05, 0) is 29.9 Å². The van der Waals surface area contributed by atoms with Crippen molar-refractivity contribution in [3.63, 3.8) is 0 Å². The molecule has 1 saturated carbocycles. The molecular weight excluding hydrogens is 262 g/mol. The number of hydrogen-bond donors (Lipinski definition) is 2. The normalized spacial score (nSPS) is 22.6. The van der Waals surface area contributed by atoms with Crippen LogP contribution in [0.4, 0.5) is 0 Å². The Kier molecular flexibility index (Phi) is 3.99. The van der Waals surface area contributed by atoms with Gasteiger partial charge in [0.05, 0.1) is 11.5 Å². The van der Waals surface area contributed by atoms with Crippen LogP contribution in [0.15, 0.2) is 29.2 Å². The molecule has 0 amide bonds. The average molecular weight is 283 g/mol. The summed E-state index contributed by atoms with van der Waals surface area (Å²) in [5, 5.41) is 9.25. The summed E-state index contributed by atoms with van der Waals surface area (Å²) in [6.45, 7) is 3.90. The molecule has 5 heteroatoms. The Hall–Kier alpha value is -0.910. The minimum absolute atomic E-state index is 0.0127. The van der Waals surface area contributed by atoms with Gasteiger partial charge in [0.15, 0.2) is 0 Å². The smallest absolute Gasteiger partial charge is 0.241 e. The molecule has 0 spiro atoms. The summed E-state index contributed by atoms with van der Waals surface area (Å²) in [4.78, 5) is 0.181. The lowest BCUT2D eigenvalue weighted by molar-refractivity contribution is 0.278. The maximum Gasteiger partial charge on any atom is 0.241 e. The van der Waals surface area contributed by atoms with Crippen LogP contribution in [0, 0.1) is 5.41 Å². The van der Waals surface area contributed by atoms with Crippen molar-refractivity contribution in [3.05, 3.63) is 29.8 Å². The fourth-order valence-corrected chi connectivity index (χ4v) is 4.37. The minimum Gasteiger partial charge on any atom is -0.392 e. The molecule has 19 heavy (non-hydrogen) atoms. The molecule has 0 radical (unpaired) electrons. The topological polar surface area (TPSA) is 66.4 Å². The lowest BCUT2D eigenvalue weighted by Crippen LogP contribution is -2.41. The quantitative estimate of drug-likeness (QED) is 0.888. The molecular formula is C14H21NO3S. The van der Waals surface area contributed by atoms with E-state index in [1.807, 2.05) is 0 Å². The van der Waals surface area contributed by atoms with Gasteiger partial charge in [0.1, 0.15) is 0 Å². The third kappa shape index (κ3) is 2.99. The number of rotatable bonds is 4. The van der Waals surface area contributed by atoms with Crippen LogP contribution in [0.3, 0.4) is 0 Å². The van der Waals surface area contributed by atoms with Gasteiger partial charge in [-0.3, -0.25) is 0 Å². The molecule has 0 saturated heterocycles. The molecule has 1 aliphatic carbocycles. The van der Waals surface area contributed by atoms with Gasteiger partial charge >= 0.3 is 0 Å². The third-order valence-electron chi connectivity index (χ3n) is 3.99. The molecule has 1 unspecified atom stereocenters. The number of benzene rings is 1. The molecule has 1 fully saturated rings. The van der Waals surface area contributed by atoms with Crippen LogP contribution in [-0.2, 0) is 16.6 Å². The first-order valence-corrected chi connectivity index (χ1v) is 8.06. The van der Waals surface area contributed by atoms with Gasteiger partial charge in [-0.2, -0.15) is 0 Å². The molecule has 1 aliphatic rings. The molecule has 1 aromatic carbocycles. The van der Waals surface area contributed by atoms with Crippen molar-refractivity contribution in [2.75, 3.05) is 0 Å². The van der Waals surface area contributed by atoms with E-state index in [9.17, 15) is 13.5 Å². The van der Waals surface area contributed by atoms with Gasteiger partial charge in [-0.15, -0.1) is 0 Å². The van der Waals surface area contributed by atoms with Crippen molar-refractivity contribution in [2.45, 2.75) is 50.7 Å². The first-order valence-electron chi connectivity index (χ1n) is 6.58. The lowest BCUT2D eigenvalue weighted by Gasteiger charge is -2.27. The Balaban J connectivity index is 2.28. The van der Waals surface area contributed by atoms with E-state index in [2.05, 4.69) is 18.6 Å². The maximum absolute atomic E-state index is 12.4. The molecule has 0 aliphatic heterocycles. The van der Waals surface area contributed by atoms with E-state index < -0.39 is 10.0 Å². The van der Waals surface area contributed by atoms with Crippen molar-refractivity contribution in [1.82, 2.24) is 4.72 Å². The zero-order valence-corrected chi connectivity index (χ0v) is 12.2. The van der Waals surface area contributed by atoms with Crippen LogP contribution < -0.4 is 4.72 Å². The van der Waals surface area contributed by atoms with Gasteiger partial charge in [-0.25, -0.2) is 13.1 Å². The van der Waals surface area contributed by atoms with Crippen LogP contribution in [0.2, 0.25) is 0 Å². The van der Waals surface area contributed by atoms with E-state index in [4.69, 9.17) is 0 Å². The van der Waals surface area contributed by atoms with Crippen LogP contribution in [0.5, 0.6) is 0 Å². The lowest BCUT2D eigenvalue weighted by atomic mass is 9.88. The number of hydrogen-bond acceptors (Lipinski definition) is 3. The van der Waals surface area contributed by atoms with Crippen LogP contribution >= 0.6 is 0 Å². The molecule has 0 aromatic heterocycles. The maximum atomic E-state index is 12.4. The first kappa shape index (κ1) is 14.5. The second-order valence-electron chi connectivity index (χ2n) is 5.82. The summed E-state index contributed by atoms with van der Waals surface area (Å²) in [6, 6.07) is 6.53. The van der Waals surface area contributed by atoms with Crippen LogP contribution in [0.25, 0.3) is 0 Å². The zero-order valence-electron chi connectivity index (χ0n) is 11.4. The van der Waals surface area contributed by atoms with Gasteiger partial charge in [0.2, 0.25) is 10.0 Å². The Labute approximate surface area is 114 Å². The average Bonchev–Trinajstić information content (AvgIpc) is 2.68. The SMILES string of the molecule is CC1(C)CCCC1NS(=O)(=O)c1ccccc1CO. The van der Waals surface area contributed by atoms with Crippen molar-refractivity contribution in [3.8, 4) is 0 Å². The highest BCUT2D eigenvalue weighted by atomic mass is 32.2. The standard InChI is InChI=1S/C14H21NO3S/c1-14(2)9-5-8-13(14)15-19(17,18)12-7-4-3-6-11(12)10-16/h3-4,6-7,13,15-16H,5,8-10H2,1-2H3. The second-order valence-corrected chi connectivity index (χ2v) is 7.50. The first-order chi connectivity index (χ1) is 8.87. The van der Waals surface area contributed by atoms with E-state index in [-0.39, 0.29) is 23.0 Å². The van der Waals surface area contributed by atoms with Crippen molar-refractivity contribution in [1.29, 1.82) is 0 Å². The van der Waals surface area contributed by atoms with E-state index in [0.29, 0.717) is 5.56 Å². The predicted octanol–water partition coefficient (Wildman–Crippen LogP) is 2.04. The summed E-state index contributed by atoms with van der Waals surface area (Å²) in [6.07, 6.45) is 2.94. The van der Waals surface area contributed by atoms with Gasteiger partial charge in [0.25, 0.3) is 0 Å². The Morgan fingerprint density at radius 3 is 2.63 bits per heavy atom. The zero-order chi connectivity index (χ0) is 14.1. The highest BCUT2D eigenvalue weighted by Crippen LogP contribution is 2.38. The van der Waals surface area contributed by atoms with Crippen LogP contribution in [-0.4, -0.2) is 19.6 Å². The van der Waals surface area contributed by atoms with E-state index in [1.165, 1.54) is 6.07 Å². The van der Waals surface area contributed by atoms with Gasteiger partial charge in [-0.1, -0.05) is 38.5 Å². The minimum atomic E-state index is -3.57. The van der Waals surface area contributed by atoms with E-state index in [1.54, 1.807) is 18.2 Å². The molecule has 4 nitrogen and oxygen atoms in total. The number of aliphatic hydroxyl groups excluding tert-OH is 1. The van der Waals surface area contributed by atoms with Crippen molar-refractivity contribution in [2.24, 2.45) is 5.41 Å². The highest BCUT2D eigenvalue weighted by molar-refractivity contribution is 7.89. The molecule has 1 atom stereocenters. The summed E-state index contributed by atoms with van der Waals surface area (Å²) in [7, 11) is -3.57. The Morgan fingerprint density at radius 2 is 2.05 bits per heavy atom. The molecule has 2 rings (SSSR count). The summed E-state index contributed by atoms with van der Waals surface area (Å²) < 4.78 is 27.7. The van der Waals surface area contributed by atoms with Crippen molar-refractivity contribution >= 4 is 10.0 Å². The molecule has 0 bridgehead atoms. The fourth-order valence-electron chi connectivity index (χ4n) is 2.69. The fraction of sp³-hybridized carbons (Fsp3) is 0.571. The second kappa shape index (κ2) is 5.23. The molecule has 0 heterocycles. The summed E-state index contributed by atoms with van der Waals surface area (Å²) in [5.74, 6) is 0. The summed E-state index contributed by atoms with van der Waals surface area (Å²) in [5.41, 5.74) is 0.423. The third-order valence-corrected chi connectivity index (χ3v) is 5.56. The molecule has 2 N–H and O–H groups in total. The number of nitrogens with one attached hydrogen (secondary N) is 1. The molecule has 1 aromatic rings. The van der Waals surface area contributed by atoms with E-state index >= 15 is 0 Å². The Bertz CT molecular complexity index is 552. The van der Waals surface area contributed by atoms with Gasteiger partial charge < -0.3 is 5.11 Å². The summed E-state index contributed by atoms with van der Waals surface area (Å²) >= 11 is 0. The predicted molar refractivity (Wildman–Crippen MR) is 74.1 cm³/mol. The van der Waals surface area contributed by atoms with Crippen molar-refractivity contribution < 1.29 is 13.5 Å². The number of aliphatic hydroxyl groups is 1. The highest BCUT2D eigenvalue weighted by Gasteiger charge is 2.37. The van der Waals surface area contributed by atoms with Crippen LogP contribution in [0.1, 0.15) is 38.7 Å². The van der Waals surface area contributed by atoms with E-state index in [0.717, 1.165) is 19.3 Å². The monoisotopic (exact) mass is 283 g/mol.